The highest BCUT2D eigenvalue weighted by atomic mass is 32.2. The van der Waals surface area contributed by atoms with Gasteiger partial charge >= 0.3 is 0 Å². The van der Waals surface area contributed by atoms with Crippen LogP contribution in [0.4, 0.5) is 5.69 Å². The van der Waals surface area contributed by atoms with Gasteiger partial charge in [0.25, 0.3) is 10.0 Å². The number of amidine groups is 1. The largest absolute Gasteiger partial charge is 0.326 e. The van der Waals surface area contributed by atoms with Crippen molar-refractivity contribution in [3.63, 3.8) is 0 Å². The monoisotopic (exact) mass is 395 g/mol. The molecular weight excluding hydrogens is 378 g/mol. The fourth-order valence-corrected chi connectivity index (χ4v) is 4.12. The number of sulfonamides is 1. The van der Waals surface area contributed by atoms with Gasteiger partial charge in [-0.25, -0.2) is 13.4 Å². The van der Waals surface area contributed by atoms with E-state index in [1.54, 1.807) is 42.9 Å². The molecule has 4 rings (SSSR count). The fourth-order valence-electron chi connectivity index (χ4n) is 2.87. The van der Waals surface area contributed by atoms with Crippen LogP contribution < -0.4 is 10.0 Å². The Morgan fingerprint density at radius 2 is 1.93 bits per heavy atom. The number of anilines is 1. The van der Waals surface area contributed by atoms with Crippen LogP contribution in [0, 0.1) is 0 Å². The van der Waals surface area contributed by atoms with E-state index in [2.05, 4.69) is 20.0 Å². The number of nitrogens with one attached hydrogen (secondary N) is 2. The number of fused-ring (bicyclic) bond motifs is 1. The van der Waals surface area contributed by atoms with E-state index in [-0.39, 0.29) is 29.6 Å². The summed E-state index contributed by atoms with van der Waals surface area (Å²) in [6.07, 6.45) is 5.36. The second kappa shape index (κ2) is 7.28. The van der Waals surface area contributed by atoms with E-state index in [4.69, 9.17) is 0 Å². The number of aromatic nitrogens is 2. The van der Waals surface area contributed by atoms with Gasteiger partial charge in [-0.2, -0.15) is 0 Å². The molecule has 2 aromatic carbocycles. The molecule has 0 aliphatic carbocycles. The second-order valence-corrected chi connectivity index (χ2v) is 7.80. The zero-order valence-electron chi connectivity index (χ0n) is 14.7. The van der Waals surface area contributed by atoms with Gasteiger partial charge < -0.3 is 9.88 Å². The third-order valence-electron chi connectivity index (χ3n) is 4.23. The Labute approximate surface area is 162 Å². The molecular formula is C19H17N5O3S. The van der Waals surface area contributed by atoms with E-state index >= 15 is 0 Å². The highest BCUT2D eigenvalue weighted by Crippen LogP contribution is 2.22. The molecule has 1 aliphatic heterocycles. The summed E-state index contributed by atoms with van der Waals surface area (Å²) in [5, 5.41) is 2.80. The summed E-state index contributed by atoms with van der Waals surface area (Å²) in [4.78, 5) is 20.6. The number of hydrogen-bond donors (Lipinski definition) is 2. The molecule has 8 nitrogen and oxygen atoms in total. The topological polar surface area (TPSA) is 105 Å². The van der Waals surface area contributed by atoms with Crippen molar-refractivity contribution in [1.82, 2.24) is 14.3 Å². The van der Waals surface area contributed by atoms with Crippen molar-refractivity contribution in [3.8, 4) is 5.69 Å². The molecule has 0 saturated carbocycles. The molecule has 2 heterocycles. The summed E-state index contributed by atoms with van der Waals surface area (Å²) in [5.41, 5.74) is 2.14. The van der Waals surface area contributed by atoms with Gasteiger partial charge in [0.2, 0.25) is 5.91 Å². The molecule has 0 spiro atoms. The molecule has 0 unspecified atom stereocenters. The maximum atomic E-state index is 12.1. The van der Waals surface area contributed by atoms with E-state index in [1.165, 1.54) is 6.07 Å². The lowest BCUT2D eigenvalue weighted by Gasteiger charge is -2.06. The summed E-state index contributed by atoms with van der Waals surface area (Å²) < 4.78 is 28.4. The van der Waals surface area contributed by atoms with Crippen LogP contribution in [0.15, 0.2) is 77.1 Å². The van der Waals surface area contributed by atoms with Gasteiger partial charge in [-0.15, -0.1) is 0 Å². The maximum absolute atomic E-state index is 12.1. The highest BCUT2D eigenvalue weighted by Gasteiger charge is 2.29. The van der Waals surface area contributed by atoms with Gasteiger partial charge in [-0.1, -0.05) is 12.1 Å². The van der Waals surface area contributed by atoms with E-state index in [1.807, 2.05) is 22.9 Å². The van der Waals surface area contributed by atoms with Crippen molar-refractivity contribution < 1.29 is 13.2 Å². The maximum Gasteiger partial charge on any atom is 0.263 e. The number of nitrogens with zero attached hydrogens (tertiary/aromatic N) is 3. The van der Waals surface area contributed by atoms with Gasteiger partial charge in [0, 0.05) is 35.8 Å². The average molecular weight is 395 g/mol. The molecule has 0 fully saturated rings. The van der Waals surface area contributed by atoms with Gasteiger partial charge in [0.15, 0.2) is 0 Å². The molecule has 3 aromatic rings. The summed E-state index contributed by atoms with van der Waals surface area (Å²) in [5.74, 6) is 0.0713. The van der Waals surface area contributed by atoms with Gasteiger partial charge in [0.05, 0.1) is 17.8 Å². The van der Waals surface area contributed by atoms with E-state index in [9.17, 15) is 13.2 Å². The van der Waals surface area contributed by atoms with Crippen LogP contribution in [-0.2, 0) is 14.8 Å². The van der Waals surface area contributed by atoms with Crippen molar-refractivity contribution in [2.75, 3.05) is 11.9 Å². The Bertz CT molecular complexity index is 1140. The lowest BCUT2D eigenvalue weighted by atomic mass is 10.2. The first-order chi connectivity index (χ1) is 13.5. The summed E-state index contributed by atoms with van der Waals surface area (Å²) >= 11 is 0. The highest BCUT2D eigenvalue weighted by molar-refractivity contribution is 7.90. The molecule has 142 valence electrons. The summed E-state index contributed by atoms with van der Waals surface area (Å²) in [7, 11) is -3.56. The van der Waals surface area contributed by atoms with E-state index in [0.717, 1.165) is 5.69 Å². The number of amides is 1. The third kappa shape index (κ3) is 3.65. The average Bonchev–Trinajstić information content (AvgIpc) is 3.30. The van der Waals surface area contributed by atoms with Crippen molar-refractivity contribution in [3.05, 3.63) is 72.8 Å². The molecule has 0 radical (unpaired) electrons. The number of rotatable bonds is 5. The molecule has 0 saturated heterocycles. The minimum atomic E-state index is -3.56. The minimum Gasteiger partial charge on any atom is -0.326 e. The zero-order valence-corrected chi connectivity index (χ0v) is 15.6. The van der Waals surface area contributed by atoms with Crippen LogP contribution in [0.25, 0.3) is 5.69 Å². The zero-order chi connectivity index (χ0) is 19.6. The van der Waals surface area contributed by atoms with Crippen molar-refractivity contribution in [2.24, 2.45) is 4.99 Å². The van der Waals surface area contributed by atoms with Crippen LogP contribution in [0.3, 0.4) is 0 Å². The first-order valence-electron chi connectivity index (χ1n) is 8.58. The normalized spacial score (nSPS) is 15.8. The van der Waals surface area contributed by atoms with Gasteiger partial charge in [-0.05, 0) is 36.4 Å². The Kier molecular flexibility index (Phi) is 4.66. The Hall–Kier alpha value is -3.46. The molecule has 1 aromatic heterocycles. The lowest BCUT2D eigenvalue weighted by Crippen LogP contribution is -2.23. The van der Waals surface area contributed by atoms with Gasteiger partial charge in [0.1, 0.15) is 5.84 Å². The first-order valence-corrected chi connectivity index (χ1v) is 10.1. The SMILES string of the molecule is O=C(CCN=C1NS(=O)(=O)c2ccccc21)Nc1ccc(-n2ccnc2)cc1. The number of aliphatic imine (C=N–C) groups is 1. The van der Waals surface area contributed by atoms with Gasteiger partial charge in [-0.3, -0.25) is 14.5 Å². The van der Waals surface area contributed by atoms with Crippen LogP contribution in [-0.4, -0.2) is 36.3 Å². The smallest absolute Gasteiger partial charge is 0.263 e. The van der Waals surface area contributed by atoms with Crippen LogP contribution >= 0.6 is 0 Å². The molecule has 9 heteroatoms. The molecule has 1 amide bonds. The molecule has 0 atom stereocenters. The Balaban J connectivity index is 1.36. The number of carbonyl (C=O) groups is 1. The van der Waals surface area contributed by atoms with Crippen molar-refractivity contribution in [1.29, 1.82) is 0 Å². The van der Waals surface area contributed by atoms with Crippen molar-refractivity contribution >= 4 is 27.5 Å². The predicted molar refractivity (Wildman–Crippen MR) is 105 cm³/mol. The predicted octanol–water partition coefficient (Wildman–Crippen LogP) is 1.94. The second-order valence-electron chi connectivity index (χ2n) is 6.15. The lowest BCUT2D eigenvalue weighted by molar-refractivity contribution is -0.116. The molecule has 0 bridgehead atoms. The number of imidazole rings is 1. The first kappa shape index (κ1) is 17.9. The number of benzene rings is 2. The molecule has 1 aliphatic rings. The Morgan fingerprint density at radius 3 is 2.68 bits per heavy atom. The minimum absolute atomic E-state index is 0.136. The van der Waals surface area contributed by atoms with Crippen LogP contribution in [0.1, 0.15) is 12.0 Å². The number of hydrogen-bond acceptors (Lipinski definition) is 5. The van der Waals surface area contributed by atoms with Crippen molar-refractivity contribution in [2.45, 2.75) is 11.3 Å². The van der Waals surface area contributed by atoms with Crippen LogP contribution in [0.5, 0.6) is 0 Å². The molecule has 28 heavy (non-hydrogen) atoms. The number of carbonyl (C=O) groups excluding carboxylic acids is 1. The standard InChI is InChI=1S/C19H17N5O3S/c25-18(22-14-5-7-15(8-6-14)24-12-11-20-13-24)9-10-21-19-16-3-1-2-4-17(16)28(26,27)23-19/h1-8,11-13H,9-10H2,(H,21,23)(H,22,25). The summed E-state index contributed by atoms with van der Waals surface area (Å²) in [6, 6.07) is 14.0. The third-order valence-corrected chi connectivity index (χ3v) is 5.62. The Morgan fingerprint density at radius 1 is 1.14 bits per heavy atom. The summed E-state index contributed by atoms with van der Waals surface area (Å²) in [6.45, 7) is 0.172. The fraction of sp³-hybridized carbons (Fsp3) is 0.105. The molecule has 2 N–H and O–H groups in total. The van der Waals surface area contributed by atoms with E-state index in [0.29, 0.717) is 11.3 Å². The van der Waals surface area contributed by atoms with Crippen LogP contribution in [0.2, 0.25) is 0 Å². The van der Waals surface area contributed by atoms with E-state index < -0.39 is 10.0 Å². The quantitative estimate of drug-likeness (QED) is 0.689.